The lowest BCUT2D eigenvalue weighted by Crippen LogP contribution is -2.13. The van der Waals surface area contributed by atoms with Crippen LogP contribution in [0.15, 0.2) is 24.3 Å². The Kier molecular flexibility index (Phi) is 2.56. The van der Waals surface area contributed by atoms with Crippen molar-refractivity contribution < 1.29 is 9.18 Å². The number of aromatic nitrogens is 1. The summed E-state index contributed by atoms with van der Waals surface area (Å²) in [6.07, 6.45) is 0.0424. The van der Waals surface area contributed by atoms with Crippen LogP contribution >= 0.6 is 0 Å². The van der Waals surface area contributed by atoms with E-state index >= 15 is 0 Å². The summed E-state index contributed by atoms with van der Waals surface area (Å²) in [6.45, 7) is 1.80. The number of carbonyl (C=O) groups is 1. The van der Waals surface area contributed by atoms with Crippen molar-refractivity contribution >= 4 is 16.8 Å². The van der Waals surface area contributed by atoms with Gasteiger partial charge in [0.15, 0.2) is 0 Å². The average Bonchev–Trinajstić information content (AvgIpc) is 2.18. The second-order valence-corrected chi connectivity index (χ2v) is 3.75. The van der Waals surface area contributed by atoms with Crippen molar-refractivity contribution in [1.29, 1.82) is 0 Å². The molecule has 0 saturated carbocycles. The predicted octanol–water partition coefficient (Wildman–Crippen LogP) is 1.71. The molecule has 0 aliphatic carbocycles. The SMILES string of the molecule is Cc1ccc2cc(CC(N)=O)cc(F)c2n1. The molecule has 0 unspecified atom stereocenters. The summed E-state index contributed by atoms with van der Waals surface area (Å²) in [5, 5.41) is 0.682. The Balaban J connectivity index is 2.59. The summed E-state index contributed by atoms with van der Waals surface area (Å²) in [4.78, 5) is 14.9. The second-order valence-electron chi connectivity index (χ2n) is 3.75. The molecule has 2 rings (SSSR count). The molecule has 1 aromatic heterocycles. The van der Waals surface area contributed by atoms with Crippen LogP contribution in [0.1, 0.15) is 11.3 Å². The maximum atomic E-state index is 13.7. The topological polar surface area (TPSA) is 56.0 Å². The van der Waals surface area contributed by atoms with Gasteiger partial charge in [-0.25, -0.2) is 4.39 Å². The van der Waals surface area contributed by atoms with E-state index in [4.69, 9.17) is 5.73 Å². The quantitative estimate of drug-likeness (QED) is 0.834. The summed E-state index contributed by atoms with van der Waals surface area (Å²) in [7, 11) is 0. The van der Waals surface area contributed by atoms with E-state index < -0.39 is 11.7 Å². The lowest BCUT2D eigenvalue weighted by Gasteiger charge is -2.04. The van der Waals surface area contributed by atoms with E-state index in [1.165, 1.54) is 6.07 Å². The molecule has 4 heteroatoms. The van der Waals surface area contributed by atoms with Gasteiger partial charge in [-0.1, -0.05) is 6.07 Å². The monoisotopic (exact) mass is 218 g/mol. The highest BCUT2D eigenvalue weighted by atomic mass is 19.1. The molecule has 3 nitrogen and oxygen atoms in total. The van der Waals surface area contributed by atoms with E-state index in [-0.39, 0.29) is 6.42 Å². The number of nitrogens with zero attached hydrogens (tertiary/aromatic N) is 1. The van der Waals surface area contributed by atoms with Crippen LogP contribution in [0.4, 0.5) is 4.39 Å². The van der Waals surface area contributed by atoms with Crippen molar-refractivity contribution in [3.05, 3.63) is 41.3 Å². The summed E-state index contributed by atoms with van der Waals surface area (Å²) in [5.74, 6) is -0.892. The maximum absolute atomic E-state index is 13.7. The van der Waals surface area contributed by atoms with Gasteiger partial charge in [0.25, 0.3) is 0 Å². The Hall–Kier alpha value is -1.97. The number of aryl methyl sites for hydroxylation is 1. The van der Waals surface area contributed by atoms with Crippen LogP contribution in [0.2, 0.25) is 0 Å². The third-order valence-electron chi connectivity index (χ3n) is 2.32. The number of halogens is 1. The first kappa shape index (κ1) is 10.5. The van der Waals surface area contributed by atoms with Gasteiger partial charge in [0, 0.05) is 11.1 Å². The summed E-state index contributed by atoms with van der Waals surface area (Å²) in [5.41, 5.74) is 6.72. The molecule has 0 saturated heterocycles. The van der Waals surface area contributed by atoms with Crippen LogP contribution < -0.4 is 5.73 Å². The normalized spacial score (nSPS) is 10.6. The van der Waals surface area contributed by atoms with Gasteiger partial charge in [-0.3, -0.25) is 9.78 Å². The lowest BCUT2D eigenvalue weighted by molar-refractivity contribution is -0.117. The molecule has 1 aromatic carbocycles. The van der Waals surface area contributed by atoms with Crippen molar-refractivity contribution in [3.8, 4) is 0 Å². The van der Waals surface area contributed by atoms with Crippen LogP contribution in [0.5, 0.6) is 0 Å². The van der Waals surface area contributed by atoms with Gasteiger partial charge < -0.3 is 5.73 Å². The minimum Gasteiger partial charge on any atom is -0.369 e. The zero-order chi connectivity index (χ0) is 11.7. The summed E-state index contributed by atoms with van der Waals surface area (Å²) >= 11 is 0. The Labute approximate surface area is 92.1 Å². The minimum atomic E-state index is -0.473. The Morgan fingerprint density at radius 1 is 1.44 bits per heavy atom. The molecule has 2 aromatic rings. The first-order valence-corrected chi connectivity index (χ1v) is 4.90. The molecule has 0 bridgehead atoms. The molecule has 2 N–H and O–H groups in total. The van der Waals surface area contributed by atoms with Crippen molar-refractivity contribution in [2.75, 3.05) is 0 Å². The molecule has 1 heterocycles. The van der Waals surface area contributed by atoms with Gasteiger partial charge >= 0.3 is 0 Å². The zero-order valence-electron chi connectivity index (χ0n) is 8.83. The van der Waals surface area contributed by atoms with E-state index in [2.05, 4.69) is 4.98 Å². The van der Waals surface area contributed by atoms with Crippen LogP contribution in [-0.4, -0.2) is 10.9 Å². The van der Waals surface area contributed by atoms with Crippen molar-refractivity contribution in [2.45, 2.75) is 13.3 Å². The fourth-order valence-electron chi connectivity index (χ4n) is 1.65. The fourth-order valence-corrected chi connectivity index (χ4v) is 1.65. The van der Waals surface area contributed by atoms with Gasteiger partial charge in [-0.15, -0.1) is 0 Å². The zero-order valence-corrected chi connectivity index (χ0v) is 8.83. The Morgan fingerprint density at radius 2 is 2.19 bits per heavy atom. The summed E-state index contributed by atoms with van der Waals surface area (Å²) in [6, 6.07) is 6.62. The van der Waals surface area contributed by atoms with E-state index in [9.17, 15) is 9.18 Å². The molecule has 0 aliphatic heterocycles. The molecule has 0 aliphatic rings. The number of pyridine rings is 1. The van der Waals surface area contributed by atoms with E-state index in [0.29, 0.717) is 16.5 Å². The smallest absolute Gasteiger partial charge is 0.221 e. The van der Waals surface area contributed by atoms with Gasteiger partial charge in [0.1, 0.15) is 11.3 Å². The first-order chi connectivity index (χ1) is 7.56. The van der Waals surface area contributed by atoms with Gasteiger partial charge in [-0.05, 0) is 30.7 Å². The number of hydrogen-bond donors (Lipinski definition) is 1. The third kappa shape index (κ3) is 2.00. The van der Waals surface area contributed by atoms with Crippen molar-refractivity contribution in [2.24, 2.45) is 5.73 Å². The number of nitrogens with two attached hydrogens (primary N) is 1. The van der Waals surface area contributed by atoms with Gasteiger partial charge in [0.05, 0.1) is 6.42 Å². The standard InChI is InChI=1S/C12H11FN2O/c1-7-2-3-9-4-8(6-11(14)16)5-10(13)12(9)15-7/h2-5H,6H2,1H3,(H2,14,16). The molecule has 82 valence electrons. The van der Waals surface area contributed by atoms with E-state index in [0.717, 1.165) is 5.69 Å². The molecular weight excluding hydrogens is 207 g/mol. The molecule has 0 atom stereocenters. The van der Waals surface area contributed by atoms with Crippen molar-refractivity contribution in [1.82, 2.24) is 4.98 Å². The van der Waals surface area contributed by atoms with Gasteiger partial charge in [-0.2, -0.15) is 0 Å². The van der Waals surface area contributed by atoms with E-state index in [1.807, 2.05) is 0 Å². The number of fused-ring (bicyclic) bond motifs is 1. The third-order valence-corrected chi connectivity index (χ3v) is 2.32. The molecule has 16 heavy (non-hydrogen) atoms. The molecule has 0 spiro atoms. The van der Waals surface area contributed by atoms with Crippen LogP contribution in [0, 0.1) is 12.7 Å². The van der Waals surface area contributed by atoms with Crippen LogP contribution in [-0.2, 0) is 11.2 Å². The first-order valence-electron chi connectivity index (χ1n) is 4.90. The highest BCUT2D eigenvalue weighted by Gasteiger charge is 2.07. The maximum Gasteiger partial charge on any atom is 0.221 e. The highest BCUT2D eigenvalue weighted by molar-refractivity contribution is 5.83. The number of hydrogen-bond acceptors (Lipinski definition) is 2. The second kappa shape index (κ2) is 3.89. The average molecular weight is 218 g/mol. The van der Waals surface area contributed by atoms with Crippen molar-refractivity contribution in [3.63, 3.8) is 0 Å². The largest absolute Gasteiger partial charge is 0.369 e. The Bertz CT molecular complexity index is 566. The number of rotatable bonds is 2. The minimum absolute atomic E-state index is 0.0424. The lowest BCUT2D eigenvalue weighted by atomic mass is 10.1. The van der Waals surface area contributed by atoms with E-state index in [1.54, 1.807) is 25.1 Å². The number of carbonyl (C=O) groups excluding carboxylic acids is 1. The molecule has 1 amide bonds. The van der Waals surface area contributed by atoms with Crippen LogP contribution in [0.3, 0.4) is 0 Å². The number of primary amides is 1. The Morgan fingerprint density at radius 3 is 2.88 bits per heavy atom. The molecule has 0 fully saturated rings. The number of amides is 1. The fraction of sp³-hybridized carbons (Fsp3) is 0.167. The highest BCUT2D eigenvalue weighted by Crippen LogP contribution is 2.19. The van der Waals surface area contributed by atoms with Gasteiger partial charge in [0.2, 0.25) is 5.91 Å². The number of benzene rings is 1. The van der Waals surface area contributed by atoms with Crippen LogP contribution in [0.25, 0.3) is 10.9 Å². The molecule has 0 radical (unpaired) electrons. The molecular formula is C12H11FN2O. The predicted molar refractivity (Wildman–Crippen MR) is 59.3 cm³/mol. The summed E-state index contributed by atoms with van der Waals surface area (Å²) < 4.78 is 13.7.